The fourth-order valence-electron chi connectivity index (χ4n) is 2.12. The zero-order valence-corrected chi connectivity index (χ0v) is 12.7. The van der Waals surface area contributed by atoms with Gasteiger partial charge in [0.05, 0.1) is 25.9 Å². The van der Waals surface area contributed by atoms with Crippen molar-refractivity contribution in [1.82, 2.24) is 0 Å². The van der Waals surface area contributed by atoms with E-state index in [1.165, 1.54) is 12.1 Å². The molecule has 0 aliphatic rings. The molecular formula is C18H16FNO2. The third-order valence-electron chi connectivity index (χ3n) is 3.35. The van der Waals surface area contributed by atoms with Crippen LogP contribution in [0.15, 0.2) is 36.4 Å². The van der Waals surface area contributed by atoms with Gasteiger partial charge in [-0.3, -0.25) is 0 Å². The van der Waals surface area contributed by atoms with Crippen molar-refractivity contribution < 1.29 is 13.9 Å². The lowest BCUT2D eigenvalue weighted by molar-refractivity contribution is 0.354. The van der Waals surface area contributed by atoms with E-state index in [0.29, 0.717) is 22.6 Å². The highest BCUT2D eigenvalue weighted by molar-refractivity contribution is 5.90. The maximum absolute atomic E-state index is 13.0. The van der Waals surface area contributed by atoms with Gasteiger partial charge < -0.3 is 9.47 Å². The van der Waals surface area contributed by atoms with E-state index in [-0.39, 0.29) is 5.82 Å². The van der Waals surface area contributed by atoms with E-state index in [4.69, 9.17) is 9.47 Å². The van der Waals surface area contributed by atoms with Crippen molar-refractivity contribution >= 4 is 11.6 Å². The summed E-state index contributed by atoms with van der Waals surface area (Å²) >= 11 is 0. The van der Waals surface area contributed by atoms with Gasteiger partial charge in [0.1, 0.15) is 5.82 Å². The van der Waals surface area contributed by atoms with Gasteiger partial charge in [0.2, 0.25) is 0 Å². The molecule has 0 unspecified atom stereocenters. The Morgan fingerprint density at radius 1 is 1.09 bits per heavy atom. The minimum absolute atomic E-state index is 0.330. The minimum atomic E-state index is -0.330. The molecule has 0 aliphatic heterocycles. The Bertz CT molecular complexity index is 743. The van der Waals surface area contributed by atoms with Crippen LogP contribution >= 0.6 is 0 Å². The zero-order valence-electron chi connectivity index (χ0n) is 12.7. The summed E-state index contributed by atoms with van der Waals surface area (Å²) in [6.45, 7) is 1.92. The molecule has 0 fully saturated rings. The second-order valence-electron chi connectivity index (χ2n) is 4.74. The summed E-state index contributed by atoms with van der Waals surface area (Å²) in [4.78, 5) is 0. The third-order valence-corrected chi connectivity index (χ3v) is 3.35. The smallest absolute Gasteiger partial charge is 0.161 e. The first-order chi connectivity index (χ1) is 10.6. The van der Waals surface area contributed by atoms with Gasteiger partial charge >= 0.3 is 0 Å². The number of nitriles is 1. The average Bonchev–Trinajstić information content (AvgIpc) is 2.54. The number of nitrogens with zero attached hydrogens (tertiary/aromatic N) is 1. The second kappa shape index (κ2) is 6.77. The Kier molecular flexibility index (Phi) is 4.80. The average molecular weight is 297 g/mol. The van der Waals surface area contributed by atoms with Gasteiger partial charge in [-0.1, -0.05) is 12.1 Å². The Labute approximate surface area is 129 Å². The molecule has 2 aromatic carbocycles. The lowest BCUT2D eigenvalue weighted by atomic mass is 10.0. The van der Waals surface area contributed by atoms with Crippen molar-refractivity contribution in [3.05, 3.63) is 58.9 Å². The van der Waals surface area contributed by atoms with E-state index >= 15 is 0 Å². The first-order valence-corrected chi connectivity index (χ1v) is 6.69. The van der Waals surface area contributed by atoms with E-state index in [1.807, 2.05) is 19.1 Å². The van der Waals surface area contributed by atoms with Crippen LogP contribution in [0.5, 0.6) is 11.5 Å². The molecule has 0 spiro atoms. The van der Waals surface area contributed by atoms with Crippen molar-refractivity contribution in [2.45, 2.75) is 6.92 Å². The largest absolute Gasteiger partial charge is 0.493 e. The number of methoxy groups -OCH3 is 2. The maximum atomic E-state index is 13.0. The van der Waals surface area contributed by atoms with Gasteiger partial charge in [0.15, 0.2) is 11.5 Å². The SMILES string of the molecule is COc1cc(C)c(/C=C(/C#N)c2ccc(F)cc2)cc1OC. The summed E-state index contributed by atoms with van der Waals surface area (Å²) in [5, 5.41) is 9.36. The fraction of sp³-hybridized carbons (Fsp3) is 0.167. The third kappa shape index (κ3) is 3.26. The van der Waals surface area contributed by atoms with E-state index in [1.54, 1.807) is 32.4 Å². The second-order valence-corrected chi connectivity index (χ2v) is 4.74. The molecule has 0 saturated carbocycles. The number of allylic oxidation sites excluding steroid dienone is 1. The molecule has 0 atom stereocenters. The van der Waals surface area contributed by atoms with Gasteiger partial charge in [0.25, 0.3) is 0 Å². The molecule has 22 heavy (non-hydrogen) atoms. The zero-order chi connectivity index (χ0) is 16.1. The van der Waals surface area contributed by atoms with Gasteiger partial charge in [-0.2, -0.15) is 5.26 Å². The van der Waals surface area contributed by atoms with E-state index < -0.39 is 0 Å². The monoisotopic (exact) mass is 297 g/mol. The predicted octanol–water partition coefficient (Wildman–Crippen LogP) is 4.22. The molecule has 0 aromatic heterocycles. The van der Waals surface area contributed by atoms with Gasteiger partial charge in [0, 0.05) is 0 Å². The number of aryl methyl sites for hydroxylation is 1. The van der Waals surface area contributed by atoms with Crippen LogP contribution in [-0.4, -0.2) is 14.2 Å². The van der Waals surface area contributed by atoms with Crippen LogP contribution in [0, 0.1) is 24.1 Å². The molecule has 2 aromatic rings. The Balaban J connectivity index is 2.50. The van der Waals surface area contributed by atoms with Crippen molar-refractivity contribution in [2.75, 3.05) is 14.2 Å². The van der Waals surface area contributed by atoms with Crippen molar-refractivity contribution in [1.29, 1.82) is 5.26 Å². The topological polar surface area (TPSA) is 42.2 Å². The van der Waals surface area contributed by atoms with Crippen LogP contribution in [0.4, 0.5) is 4.39 Å². The van der Waals surface area contributed by atoms with Gasteiger partial charge in [-0.05, 0) is 54.0 Å². The Morgan fingerprint density at radius 2 is 1.68 bits per heavy atom. The fourth-order valence-corrected chi connectivity index (χ4v) is 2.12. The quantitative estimate of drug-likeness (QED) is 0.627. The molecule has 0 aliphatic carbocycles. The lowest BCUT2D eigenvalue weighted by Crippen LogP contribution is -1.93. The molecule has 2 rings (SSSR count). The van der Waals surface area contributed by atoms with Crippen molar-refractivity contribution in [2.24, 2.45) is 0 Å². The number of benzene rings is 2. The molecule has 0 N–H and O–H groups in total. The van der Waals surface area contributed by atoms with Crippen LogP contribution in [0.3, 0.4) is 0 Å². The summed E-state index contributed by atoms with van der Waals surface area (Å²) in [5.41, 5.74) is 2.92. The van der Waals surface area contributed by atoms with Crippen molar-refractivity contribution in [3.63, 3.8) is 0 Å². The predicted molar refractivity (Wildman–Crippen MR) is 84.2 cm³/mol. The van der Waals surface area contributed by atoms with Crippen LogP contribution in [-0.2, 0) is 0 Å². The van der Waals surface area contributed by atoms with Crippen LogP contribution in [0.25, 0.3) is 11.6 Å². The molecule has 4 heteroatoms. The lowest BCUT2D eigenvalue weighted by Gasteiger charge is -2.11. The molecule has 0 saturated heterocycles. The normalized spacial score (nSPS) is 11.0. The summed E-state index contributed by atoms with van der Waals surface area (Å²) in [7, 11) is 3.14. The highest BCUT2D eigenvalue weighted by Crippen LogP contribution is 2.32. The Hall–Kier alpha value is -2.80. The highest BCUT2D eigenvalue weighted by atomic mass is 19.1. The number of hydrogen-bond acceptors (Lipinski definition) is 3. The van der Waals surface area contributed by atoms with Crippen molar-refractivity contribution in [3.8, 4) is 17.6 Å². The maximum Gasteiger partial charge on any atom is 0.161 e. The number of halogens is 1. The Morgan fingerprint density at radius 3 is 2.23 bits per heavy atom. The molecule has 0 bridgehead atoms. The van der Waals surface area contributed by atoms with Crippen LogP contribution in [0.2, 0.25) is 0 Å². The number of ether oxygens (including phenoxy) is 2. The minimum Gasteiger partial charge on any atom is -0.493 e. The molecule has 0 heterocycles. The molecule has 3 nitrogen and oxygen atoms in total. The van der Waals surface area contributed by atoms with Gasteiger partial charge in [-0.15, -0.1) is 0 Å². The summed E-state index contributed by atoms with van der Waals surface area (Å²) in [5.74, 6) is 0.900. The molecule has 0 amide bonds. The van der Waals surface area contributed by atoms with Crippen LogP contribution in [0.1, 0.15) is 16.7 Å². The molecule has 0 radical (unpaired) electrons. The highest BCUT2D eigenvalue weighted by Gasteiger charge is 2.09. The summed E-state index contributed by atoms with van der Waals surface area (Å²) in [6, 6.07) is 11.7. The number of rotatable bonds is 4. The van der Waals surface area contributed by atoms with E-state index in [2.05, 4.69) is 6.07 Å². The number of hydrogen-bond donors (Lipinski definition) is 0. The molecule has 112 valence electrons. The van der Waals surface area contributed by atoms with E-state index in [9.17, 15) is 9.65 Å². The summed E-state index contributed by atoms with van der Waals surface area (Å²) in [6.07, 6.45) is 1.75. The van der Waals surface area contributed by atoms with Gasteiger partial charge in [-0.25, -0.2) is 4.39 Å². The van der Waals surface area contributed by atoms with E-state index in [0.717, 1.165) is 11.1 Å². The van der Waals surface area contributed by atoms with Crippen LogP contribution < -0.4 is 9.47 Å². The molecular weight excluding hydrogens is 281 g/mol. The first kappa shape index (κ1) is 15.6. The summed E-state index contributed by atoms with van der Waals surface area (Å²) < 4.78 is 23.5. The first-order valence-electron chi connectivity index (χ1n) is 6.69. The standard InChI is InChI=1S/C18H16FNO2/c1-12-8-17(21-2)18(22-3)10-14(12)9-15(11-20)13-4-6-16(19)7-5-13/h4-10H,1-3H3/b15-9-.